The fourth-order valence-corrected chi connectivity index (χ4v) is 2.35. The molecule has 1 aromatic heterocycles. The lowest BCUT2D eigenvalue weighted by molar-refractivity contribution is 0.0526. The van der Waals surface area contributed by atoms with Crippen LogP contribution in [0.25, 0.3) is 0 Å². The monoisotopic (exact) mass is 328 g/mol. The van der Waals surface area contributed by atoms with Crippen LogP contribution in [0.5, 0.6) is 0 Å². The number of nitrogens with one attached hydrogen (secondary N) is 1. The van der Waals surface area contributed by atoms with Gasteiger partial charge in [-0.3, -0.25) is 0 Å². The summed E-state index contributed by atoms with van der Waals surface area (Å²) in [6, 6.07) is 9.05. The number of anilines is 3. The lowest BCUT2D eigenvalue weighted by Crippen LogP contribution is -2.23. The van der Waals surface area contributed by atoms with Crippen LogP contribution in [0.3, 0.4) is 0 Å². The first-order valence-corrected chi connectivity index (χ1v) is 8.22. The van der Waals surface area contributed by atoms with Gasteiger partial charge in [-0.15, -0.1) is 0 Å². The van der Waals surface area contributed by atoms with E-state index < -0.39 is 0 Å². The van der Waals surface area contributed by atoms with E-state index in [4.69, 9.17) is 4.74 Å². The highest BCUT2D eigenvalue weighted by Gasteiger charge is 2.09. The van der Waals surface area contributed by atoms with E-state index in [-0.39, 0.29) is 5.97 Å². The maximum absolute atomic E-state index is 11.7. The van der Waals surface area contributed by atoms with Crippen molar-refractivity contribution in [3.8, 4) is 0 Å². The zero-order valence-electron chi connectivity index (χ0n) is 14.7. The fraction of sp³-hybridized carbons (Fsp3) is 0.389. The molecule has 1 N–H and O–H groups in total. The van der Waals surface area contributed by atoms with Gasteiger partial charge in [0.2, 0.25) is 5.95 Å². The van der Waals surface area contributed by atoms with Crippen molar-refractivity contribution >= 4 is 23.4 Å². The minimum Gasteiger partial charge on any atom is -0.462 e. The molecule has 0 radical (unpaired) electrons. The Kier molecular flexibility index (Phi) is 6.12. The number of hydrogen-bond acceptors (Lipinski definition) is 6. The molecule has 0 unspecified atom stereocenters. The summed E-state index contributed by atoms with van der Waals surface area (Å²) in [4.78, 5) is 22.8. The smallest absolute Gasteiger partial charge is 0.338 e. The first kappa shape index (κ1) is 17.7. The van der Waals surface area contributed by atoms with Crippen molar-refractivity contribution in [1.29, 1.82) is 0 Å². The number of hydrogen-bond donors (Lipinski definition) is 1. The van der Waals surface area contributed by atoms with E-state index in [9.17, 15) is 4.79 Å². The average Bonchev–Trinajstić information content (AvgIpc) is 2.56. The van der Waals surface area contributed by atoms with Gasteiger partial charge in [0.15, 0.2) is 0 Å². The molecule has 1 heterocycles. The number of aromatic nitrogens is 2. The molecule has 6 nitrogen and oxygen atoms in total. The summed E-state index contributed by atoms with van der Waals surface area (Å²) in [6.07, 6.45) is 0. The van der Waals surface area contributed by atoms with Crippen molar-refractivity contribution in [2.45, 2.75) is 27.7 Å². The molecule has 2 rings (SSSR count). The van der Waals surface area contributed by atoms with Gasteiger partial charge in [-0.25, -0.2) is 9.78 Å². The van der Waals surface area contributed by atoms with Crippen LogP contribution in [0.4, 0.5) is 17.5 Å². The Morgan fingerprint density at radius 1 is 1.12 bits per heavy atom. The van der Waals surface area contributed by atoms with Gasteiger partial charge in [0.25, 0.3) is 0 Å². The van der Waals surface area contributed by atoms with E-state index in [1.807, 2.05) is 25.1 Å². The van der Waals surface area contributed by atoms with Gasteiger partial charge in [0, 0.05) is 30.5 Å². The molecule has 24 heavy (non-hydrogen) atoms. The Morgan fingerprint density at radius 3 is 2.38 bits per heavy atom. The molecule has 0 spiro atoms. The molecule has 6 heteroatoms. The molecule has 0 aliphatic carbocycles. The molecule has 0 atom stereocenters. The van der Waals surface area contributed by atoms with Crippen molar-refractivity contribution in [2.75, 3.05) is 29.9 Å². The summed E-state index contributed by atoms with van der Waals surface area (Å²) in [7, 11) is 0. The summed E-state index contributed by atoms with van der Waals surface area (Å²) in [5.41, 5.74) is 2.24. The molecule has 2 aromatic rings. The van der Waals surface area contributed by atoms with E-state index >= 15 is 0 Å². The van der Waals surface area contributed by atoms with Gasteiger partial charge in [0.1, 0.15) is 5.82 Å². The van der Waals surface area contributed by atoms with Gasteiger partial charge in [-0.05, 0) is 52.0 Å². The second-order valence-electron chi connectivity index (χ2n) is 5.29. The predicted octanol–water partition coefficient (Wildman–Crippen LogP) is 3.55. The second-order valence-corrected chi connectivity index (χ2v) is 5.29. The summed E-state index contributed by atoms with van der Waals surface area (Å²) in [6.45, 7) is 10.1. The number of aryl methyl sites for hydroxylation is 1. The molecule has 1 aromatic carbocycles. The van der Waals surface area contributed by atoms with Gasteiger partial charge >= 0.3 is 5.97 Å². The van der Waals surface area contributed by atoms with E-state index in [0.717, 1.165) is 30.3 Å². The molecule has 128 valence electrons. The van der Waals surface area contributed by atoms with E-state index in [2.05, 4.69) is 34.0 Å². The third kappa shape index (κ3) is 4.44. The van der Waals surface area contributed by atoms with E-state index in [0.29, 0.717) is 18.1 Å². The van der Waals surface area contributed by atoms with Gasteiger partial charge < -0.3 is 15.0 Å². The highest BCUT2D eigenvalue weighted by molar-refractivity contribution is 5.89. The van der Waals surface area contributed by atoms with Crippen LogP contribution in [-0.2, 0) is 4.74 Å². The molecule has 0 aliphatic heterocycles. The molecule has 0 saturated carbocycles. The predicted molar refractivity (Wildman–Crippen MR) is 96.0 cm³/mol. The first-order valence-electron chi connectivity index (χ1n) is 8.22. The van der Waals surface area contributed by atoms with Crippen LogP contribution in [-0.4, -0.2) is 35.6 Å². The van der Waals surface area contributed by atoms with Crippen molar-refractivity contribution in [2.24, 2.45) is 0 Å². The maximum Gasteiger partial charge on any atom is 0.338 e. The summed E-state index contributed by atoms with van der Waals surface area (Å²) < 4.78 is 4.98. The number of benzene rings is 1. The Balaban J connectivity index is 2.17. The van der Waals surface area contributed by atoms with Crippen LogP contribution in [0.15, 0.2) is 30.3 Å². The quantitative estimate of drug-likeness (QED) is 0.784. The Labute approximate surface area is 142 Å². The van der Waals surface area contributed by atoms with Crippen LogP contribution < -0.4 is 10.2 Å². The molecule has 0 bridgehead atoms. The highest BCUT2D eigenvalue weighted by Crippen LogP contribution is 2.19. The normalized spacial score (nSPS) is 10.3. The number of carbonyl (C=O) groups excluding carboxylic acids is 1. The number of carbonyl (C=O) groups is 1. The van der Waals surface area contributed by atoms with Gasteiger partial charge in [-0.2, -0.15) is 4.98 Å². The first-order chi connectivity index (χ1) is 11.6. The Morgan fingerprint density at radius 2 is 1.79 bits per heavy atom. The van der Waals surface area contributed by atoms with Crippen LogP contribution in [0.1, 0.15) is 36.8 Å². The van der Waals surface area contributed by atoms with E-state index in [1.54, 1.807) is 19.1 Å². The summed E-state index contributed by atoms with van der Waals surface area (Å²) >= 11 is 0. The standard InChI is InChI=1S/C18H24N4O2/c1-5-22(6-2)16-12-13(4)19-18(21-16)20-15-10-8-14(9-11-15)17(23)24-7-3/h8-12H,5-7H2,1-4H3,(H,19,20,21). The van der Waals surface area contributed by atoms with Crippen LogP contribution >= 0.6 is 0 Å². The topological polar surface area (TPSA) is 67.3 Å². The fourth-order valence-electron chi connectivity index (χ4n) is 2.35. The van der Waals surface area contributed by atoms with Gasteiger partial charge in [0.05, 0.1) is 12.2 Å². The van der Waals surface area contributed by atoms with Crippen molar-refractivity contribution in [1.82, 2.24) is 9.97 Å². The van der Waals surface area contributed by atoms with Gasteiger partial charge in [-0.1, -0.05) is 0 Å². The number of esters is 1. The molecule has 0 fully saturated rings. The van der Waals surface area contributed by atoms with Crippen LogP contribution in [0, 0.1) is 6.92 Å². The molecular formula is C18H24N4O2. The van der Waals surface area contributed by atoms with E-state index in [1.165, 1.54) is 0 Å². The SMILES string of the molecule is CCOC(=O)c1ccc(Nc2nc(C)cc(N(CC)CC)n2)cc1. The lowest BCUT2D eigenvalue weighted by Gasteiger charge is -2.20. The second kappa shape index (κ2) is 8.29. The summed E-state index contributed by atoms with van der Waals surface area (Å²) in [5.74, 6) is 1.12. The molecular weight excluding hydrogens is 304 g/mol. The zero-order valence-corrected chi connectivity index (χ0v) is 14.7. The Bertz CT molecular complexity index is 682. The largest absolute Gasteiger partial charge is 0.462 e. The van der Waals surface area contributed by atoms with Crippen molar-refractivity contribution in [3.05, 3.63) is 41.6 Å². The third-order valence-corrected chi connectivity index (χ3v) is 3.58. The lowest BCUT2D eigenvalue weighted by atomic mass is 10.2. The molecule has 0 amide bonds. The van der Waals surface area contributed by atoms with Crippen molar-refractivity contribution in [3.63, 3.8) is 0 Å². The zero-order chi connectivity index (χ0) is 17.5. The minimum atomic E-state index is -0.320. The molecule has 0 aliphatic rings. The maximum atomic E-state index is 11.7. The summed E-state index contributed by atoms with van der Waals surface area (Å²) in [5, 5.41) is 3.19. The minimum absolute atomic E-state index is 0.320. The molecule has 0 saturated heterocycles. The third-order valence-electron chi connectivity index (χ3n) is 3.58. The Hall–Kier alpha value is -2.63. The number of ether oxygens (including phenoxy) is 1. The number of rotatable bonds is 7. The number of nitrogens with zero attached hydrogens (tertiary/aromatic N) is 3. The van der Waals surface area contributed by atoms with Crippen LogP contribution in [0.2, 0.25) is 0 Å². The highest BCUT2D eigenvalue weighted by atomic mass is 16.5. The van der Waals surface area contributed by atoms with Crippen molar-refractivity contribution < 1.29 is 9.53 Å². The average molecular weight is 328 g/mol.